The molecule has 6 nitrogen and oxygen atoms in total. The molecule has 1 heterocycles. The van der Waals surface area contributed by atoms with Gasteiger partial charge >= 0.3 is 0 Å². The average Bonchev–Trinajstić information content (AvgIpc) is 2.91. The van der Waals surface area contributed by atoms with Crippen molar-refractivity contribution in [1.29, 1.82) is 0 Å². The van der Waals surface area contributed by atoms with Gasteiger partial charge in [-0.1, -0.05) is 38.1 Å². The van der Waals surface area contributed by atoms with Gasteiger partial charge in [0.1, 0.15) is 5.76 Å². The van der Waals surface area contributed by atoms with Crippen LogP contribution in [0.15, 0.2) is 34.9 Å². The zero-order chi connectivity index (χ0) is 17.7. The second-order valence-corrected chi connectivity index (χ2v) is 6.70. The van der Waals surface area contributed by atoms with Crippen molar-refractivity contribution in [3.05, 3.63) is 47.2 Å². The minimum Gasteiger partial charge on any atom is -0.360 e. The molecule has 0 saturated heterocycles. The molecule has 0 unspecified atom stereocenters. The normalized spacial score (nSPS) is 11.2. The summed E-state index contributed by atoms with van der Waals surface area (Å²) in [6, 6.07) is 9.14. The second kappa shape index (κ2) is 7.29. The molecule has 0 saturated carbocycles. The highest BCUT2D eigenvalue weighted by Crippen LogP contribution is 2.22. The molecule has 24 heavy (non-hydrogen) atoms. The van der Waals surface area contributed by atoms with Gasteiger partial charge in [0.2, 0.25) is 5.91 Å². The minimum absolute atomic E-state index is 0.0482. The molecule has 2 N–H and O–H groups in total. The van der Waals surface area contributed by atoms with E-state index in [0.29, 0.717) is 17.1 Å². The molecule has 0 radical (unpaired) electrons. The minimum atomic E-state index is -0.230. The summed E-state index contributed by atoms with van der Waals surface area (Å²) in [7, 11) is 0. The van der Waals surface area contributed by atoms with Crippen molar-refractivity contribution in [2.75, 3.05) is 11.9 Å². The van der Waals surface area contributed by atoms with Crippen LogP contribution >= 0.6 is 0 Å². The summed E-state index contributed by atoms with van der Waals surface area (Å²) in [5, 5.41) is 9.02. The zero-order valence-electron chi connectivity index (χ0n) is 14.5. The maximum absolute atomic E-state index is 12.1. The van der Waals surface area contributed by atoms with Crippen LogP contribution in [0, 0.1) is 6.92 Å². The molecule has 128 valence electrons. The van der Waals surface area contributed by atoms with Crippen LogP contribution in [0.5, 0.6) is 0 Å². The molecule has 2 aromatic rings. The van der Waals surface area contributed by atoms with E-state index in [4.69, 9.17) is 4.52 Å². The van der Waals surface area contributed by atoms with E-state index in [1.165, 1.54) is 5.56 Å². The van der Waals surface area contributed by atoms with Crippen molar-refractivity contribution in [2.45, 2.75) is 39.5 Å². The summed E-state index contributed by atoms with van der Waals surface area (Å²) < 4.78 is 4.86. The Morgan fingerprint density at radius 2 is 1.83 bits per heavy atom. The van der Waals surface area contributed by atoms with Gasteiger partial charge in [0.05, 0.1) is 0 Å². The molecule has 6 heteroatoms. The lowest BCUT2D eigenvalue weighted by Crippen LogP contribution is -2.27. The van der Waals surface area contributed by atoms with Crippen molar-refractivity contribution in [3.8, 4) is 0 Å². The Bertz CT molecular complexity index is 712. The average molecular weight is 329 g/mol. The van der Waals surface area contributed by atoms with Gasteiger partial charge in [0.15, 0.2) is 5.82 Å². The van der Waals surface area contributed by atoms with E-state index in [-0.39, 0.29) is 30.2 Å². The summed E-state index contributed by atoms with van der Waals surface area (Å²) in [6.45, 7) is 8.36. The summed E-state index contributed by atoms with van der Waals surface area (Å²) in [5.74, 6) is 0.575. The topological polar surface area (TPSA) is 84.2 Å². The Labute approximate surface area is 141 Å². The number of rotatable bonds is 5. The third-order valence-corrected chi connectivity index (χ3v) is 3.55. The molecule has 0 aliphatic carbocycles. The number of nitrogens with zero attached hydrogens (tertiary/aromatic N) is 1. The largest absolute Gasteiger partial charge is 0.360 e. The Kier molecular flexibility index (Phi) is 5.39. The fourth-order valence-electron chi connectivity index (χ4n) is 2.14. The first-order valence-corrected chi connectivity index (χ1v) is 7.87. The van der Waals surface area contributed by atoms with Crippen LogP contribution in [-0.4, -0.2) is 23.5 Å². The molecule has 0 aliphatic heterocycles. The number of anilines is 1. The first-order chi connectivity index (χ1) is 11.3. The lowest BCUT2D eigenvalue weighted by atomic mass is 9.87. The Morgan fingerprint density at radius 1 is 1.17 bits per heavy atom. The lowest BCUT2D eigenvalue weighted by Gasteiger charge is -2.19. The van der Waals surface area contributed by atoms with Gasteiger partial charge in [-0.05, 0) is 30.0 Å². The molecule has 2 rings (SSSR count). The van der Waals surface area contributed by atoms with E-state index in [9.17, 15) is 9.59 Å². The van der Waals surface area contributed by atoms with Gasteiger partial charge in [-0.3, -0.25) is 9.59 Å². The van der Waals surface area contributed by atoms with Crippen molar-refractivity contribution in [3.63, 3.8) is 0 Å². The summed E-state index contributed by atoms with van der Waals surface area (Å²) in [5.41, 5.74) is 1.80. The molecule has 1 aromatic heterocycles. The van der Waals surface area contributed by atoms with E-state index in [0.717, 1.165) is 0 Å². The summed E-state index contributed by atoms with van der Waals surface area (Å²) in [6.07, 6.45) is 0.164. The molecule has 0 aliphatic rings. The fraction of sp³-hybridized carbons (Fsp3) is 0.389. The molecular formula is C18H23N3O3. The number of carbonyl (C=O) groups is 2. The number of hydrogen-bond acceptors (Lipinski definition) is 4. The molecule has 0 spiro atoms. The Hall–Kier alpha value is -2.63. The number of hydrogen-bond donors (Lipinski definition) is 2. The molecule has 0 bridgehead atoms. The van der Waals surface area contributed by atoms with Crippen LogP contribution in [0.1, 0.15) is 48.9 Å². The third kappa shape index (κ3) is 4.94. The van der Waals surface area contributed by atoms with Crippen molar-refractivity contribution >= 4 is 17.6 Å². The van der Waals surface area contributed by atoms with Crippen LogP contribution in [0.3, 0.4) is 0 Å². The molecule has 0 fully saturated rings. The standard InChI is InChI=1S/C18H23N3O3/c1-12-11-15(21-24-12)20-16(22)9-10-19-17(23)13-5-7-14(8-6-13)18(2,3)4/h5-8,11H,9-10H2,1-4H3,(H,19,23)(H,20,21,22). The van der Waals surface area contributed by atoms with Crippen LogP contribution in [0.25, 0.3) is 0 Å². The third-order valence-electron chi connectivity index (χ3n) is 3.55. The number of amides is 2. The van der Waals surface area contributed by atoms with E-state index in [2.05, 4.69) is 36.6 Å². The Balaban J connectivity index is 1.79. The zero-order valence-corrected chi connectivity index (χ0v) is 14.5. The van der Waals surface area contributed by atoms with Gasteiger partial charge in [0, 0.05) is 24.6 Å². The van der Waals surface area contributed by atoms with Crippen molar-refractivity contribution < 1.29 is 14.1 Å². The van der Waals surface area contributed by atoms with E-state index in [1.807, 2.05) is 12.1 Å². The molecule has 0 atom stereocenters. The Morgan fingerprint density at radius 3 is 2.38 bits per heavy atom. The van der Waals surface area contributed by atoms with E-state index in [1.54, 1.807) is 25.1 Å². The number of aromatic nitrogens is 1. The highest BCUT2D eigenvalue weighted by atomic mass is 16.5. The van der Waals surface area contributed by atoms with Gasteiger partial charge in [-0.25, -0.2) is 0 Å². The molecule has 2 amide bonds. The first kappa shape index (κ1) is 17.7. The monoisotopic (exact) mass is 329 g/mol. The van der Waals surface area contributed by atoms with E-state index < -0.39 is 0 Å². The second-order valence-electron chi connectivity index (χ2n) is 6.70. The highest BCUT2D eigenvalue weighted by Gasteiger charge is 2.14. The van der Waals surface area contributed by atoms with Gasteiger partial charge < -0.3 is 15.2 Å². The first-order valence-electron chi connectivity index (χ1n) is 7.87. The molecule has 1 aromatic carbocycles. The van der Waals surface area contributed by atoms with Crippen LogP contribution in [0.2, 0.25) is 0 Å². The number of carbonyl (C=O) groups excluding carboxylic acids is 2. The van der Waals surface area contributed by atoms with Crippen molar-refractivity contribution in [1.82, 2.24) is 10.5 Å². The van der Waals surface area contributed by atoms with Gasteiger partial charge in [-0.15, -0.1) is 0 Å². The quantitative estimate of drug-likeness (QED) is 0.883. The fourth-order valence-corrected chi connectivity index (χ4v) is 2.14. The van der Waals surface area contributed by atoms with E-state index >= 15 is 0 Å². The summed E-state index contributed by atoms with van der Waals surface area (Å²) >= 11 is 0. The smallest absolute Gasteiger partial charge is 0.251 e. The SMILES string of the molecule is Cc1cc(NC(=O)CCNC(=O)c2ccc(C(C)(C)C)cc2)no1. The predicted octanol–water partition coefficient (Wildman–Crippen LogP) is 3.04. The summed E-state index contributed by atoms with van der Waals surface area (Å²) in [4.78, 5) is 23.8. The van der Waals surface area contributed by atoms with Gasteiger partial charge in [-0.2, -0.15) is 0 Å². The van der Waals surface area contributed by atoms with Crippen LogP contribution < -0.4 is 10.6 Å². The highest BCUT2D eigenvalue weighted by molar-refractivity contribution is 5.95. The van der Waals surface area contributed by atoms with Crippen molar-refractivity contribution in [2.24, 2.45) is 0 Å². The van der Waals surface area contributed by atoms with Crippen LogP contribution in [-0.2, 0) is 10.2 Å². The van der Waals surface area contributed by atoms with Gasteiger partial charge in [0.25, 0.3) is 5.91 Å². The maximum atomic E-state index is 12.1. The van der Waals surface area contributed by atoms with Crippen LogP contribution in [0.4, 0.5) is 5.82 Å². The number of nitrogens with one attached hydrogen (secondary N) is 2. The predicted molar refractivity (Wildman–Crippen MR) is 92.0 cm³/mol. The molecular weight excluding hydrogens is 306 g/mol. The maximum Gasteiger partial charge on any atom is 0.251 e. The number of aryl methyl sites for hydroxylation is 1. The number of benzene rings is 1. The lowest BCUT2D eigenvalue weighted by molar-refractivity contribution is -0.116.